The number of carbonyl (C=O) groups excluding carboxylic acids is 1. The molecule has 4 aromatic rings. The zero-order chi connectivity index (χ0) is 21.4. The van der Waals surface area contributed by atoms with Crippen LogP contribution in [0.4, 0.5) is 0 Å². The monoisotopic (exact) mass is 414 g/mol. The van der Waals surface area contributed by atoms with Crippen molar-refractivity contribution in [3.05, 3.63) is 77.0 Å². The van der Waals surface area contributed by atoms with Gasteiger partial charge in [0.1, 0.15) is 0 Å². The number of benzene rings is 1. The Kier molecular flexibility index (Phi) is 4.82. The van der Waals surface area contributed by atoms with Crippen LogP contribution in [-0.2, 0) is 13.6 Å². The molecule has 1 unspecified atom stereocenters. The van der Waals surface area contributed by atoms with Crippen LogP contribution in [-0.4, -0.2) is 47.9 Å². The molecule has 31 heavy (non-hydrogen) atoms. The molecule has 8 nitrogen and oxygen atoms in total. The van der Waals surface area contributed by atoms with Crippen molar-refractivity contribution < 1.29 is 4.79 Å². The number of rotatable bonds is 4. The van der Waals surface area contributed by atoms with Gasteiger partial charge in [0.2, 0.25) is 0 Å². The molecule has 0 bridgehead atoms. The molecule has 1 aromatic carbocycles. The Morgan fingerprint density at radius 1 is 1.10 bits per heavy atom. The lowest BCUT2D eigenvalue weighted by atomic mass is 10.1. The molecule has 0 saturated carbocycles. The highest BCUT2D eigenvalue weighted by Crippen LogP contribution is 2.25. The number of amides is 1. The summed E-state index contributed by atoms with van der Waals surface area (Å²) in [6, 6.07) is 14.6. The van der Waals surface area contributed by atoms with Crippen molar-refractivity contribution in [3.63, 3.8) is 0 Å². The van der Waals surface area contributed by atoms with Crippen LogP contribution >= 0.6 is 0 Å². The van der Waals surface area contributed by atoms with E-state index < -0.39 is 0 Å². The van der Waals surface area contributed by atoms with Crippen LogP contribution in [0.3, 0.4) is 0 Å². The fourth-order valence-corrected chi connectivity index (χ4v) is 4.25. The number of fused-ring (bicyclic) bond motifs is 1. The summed E-state index contributed by atoms with van der Waals surface area (Å²) in [7, 11) is 1.84. The van der Waals surface area contributed by atoms with Gasteiger partial charge in [-0.05, 0) is 37.1 Å². The van der Waals surface area contributed by atoms with E-state index in [0.29, 0.717) is 24.5 Å². The molecule has 1 aliphatic heterocycles. The molecular formula is C23H22N6O2. The summed E-state index contributed by atoms with van der Waals surface area (Å²) in [6.45, 7) is 0.995. The maximum absolute atomic E-state index is 13.4. The van der Waals surface area contributed by atoms with Crippen molar-refractivity contribution in [1.82, 2.24) is 29.4 Å². The molecule has 0 radical (unpaired) electrons. The van der Waals surface area contributed by atoms with E-state index in [1.807, 2.05) is 48.3 Å². The minimum Gasteiger partial charge on any atom is -0.332 e. The molecule has 0 N–H and O–H groups in total. The first-order chi connectivity index (χ1) is 15.1. The summed E-state index contributed by atoms with van der Waals surface area (Å²) in [4.78, 5) is 31.8. The number of likely N-dealkylation sites (tertiary alicyclic amines) is 1. The van der Waals surface area contributed by atoms with Gasteiger partial charge in [0.05, 0.1) is 23.8 Å². The Bertz CT molecular complexity index is 1310. The van der Waals surface area contributed by atoms with Crippen molar-refractivity contribution >= 4 is 16.8 Å². The summed E-state index contributed by atoms with van der Waals surface area (Å²) < 4.78 is 3.19. The minimum atomic E-state index is -0.185. The van der Waals surface area contributed by atoms with E-state index >= 15 is 0 Å². The van der Waals surface area contributed by atoms with Gasteiger partial charge in [0, 0.05) is 43.0 Å². The maximum Gasteiger partial charge on any atom is 0.275 e. The molecule has 3 aromatic heterocycles. The Morgan fingerprint density at radius 3 is 2.81 bits per heavy atom. The van der Waals surface area contributed by atoms with E-state index in [9.17, 15) is 9.59 Å². The number of para-hydroxylation sites is 1. The second-order valence-electron chi connectivity index (χ2n) is 7.76. The van der Waals surface area contributed by atoms with Gasteiger partial charge in [0.25, 0.3) is 11.5 Å². The summed E-state index contributed by atoms with van der Waals surface area (Å²) >= 11 is 0. The van der Waals surface area contributed by atoms with Crippen molar-refractivity contribution in [2.24, 2.45) is 7.05 Å². The van der Waals surface area contributed by atoms with Crippen LogP contribution in [0.5, 0.6) is 0 Å². The van der Waals surface area contributed by atoms with Crippen LogP contribution in [0.1, 0.15) is 23.3 Å². The molecule has 8 heteroatoms. The highest BCUT2D eigenvalue weighted by Gasteiger charge is 2.32. The number of carbonyl (C=O) groups is 1. The SMILES string of the molecule is Cn1nc(C(=O)N2CCCC2Cn2nc(-c3cccnc3)ccc2=O)c2ccccc21. The largest absolute Gasteiger partial charge is 0.332 e. The van der Waals surface area contributed by atoms with Crippen molar-refractivity contribution in [1.29, 1.82) is 0 Å². The van der Waals surface area contributed by atoms with Gasteiger partial charge in [-0.3, -0.25) is 19.3 Å². The third-order valence-electron chi connectivity index (χ3n) is 5.81. The van der Waals surface area contributed by atoms with Gasteiger partial charge in [0.15, 0.2) is 5.69 Å². The lowest BCUT2D eigenvalue weighted by Gasteiger charge is -2.24. The topological polar surface area (TPSA) is 85.9 Å². The first-order valence-corrected chi connectivity index (χ1v) is 10.3. The normalized spacial score (nSPS) is 16.2. The van der Waals surface area contributed by atoms with Crippen LogP contribution in [0.2, 0.25) is 0 Å². The number of aryl methyl sites for hydroxylation is 1. The average Bonchev–Trinajstić information content (AvgIpc) is 3.40. The lowest BCUT2D eigenvalue weighted by Crippen LogP contribution is -2.40. The Balaban J connectivity index is 1.44. The first kappa shape index (κ1) is 19.2. The van der Waals surface area contributed by atoms with Crippen LogP contribution in [0, 0.1) is 0 Å². The summed E-state index contributed by atoms with van der Waals surface area (Å²) in [6.07, 6.45) is 5.12. The predicted molar refractivity (Wildman–Crippen MR) is 117 cm³/mol. The highest BCUT2D eigenvalue weighted by molar-refractivity contribution is 6.05. The third-order valence-corrected chi connectivity index (χ3v) is 5.81. The fourth-order valence-electron chi connectivity index (χ4n) is 4.25. The number of aromatic nitrogens is 5. The zero-order valence-corrected chi connectivity index (χ0v) is 17.2. The second kappa shape index (κ2) is 7.79. The minimum absolute atomic E-state index is 0.101. The Hall–Kier alpha value is -3.81. The molecular weight excluding hydrogens is 392 g/mol. The molecule has 156 valence electrons. The number of nitrogens with zero attached hydrogens (tertiary/aromatic N) is 6. The van der Waals surface area contributed by atoms with Crippen LogP contribution in [0.15, 0.2) is 65.7 Å². The average molecular weight is 414 g/mol. The molecule has 1 aliphatic rings. The Labute approximate surface area is 178 Å². The van der Waals surface area contributed by atoms with E-state index in [-0.39, 0.29) is 17.5 Å². The van der Waals surface area contributed by atoms with Crippen LogP contribution in [0.25, 0.3) is 22.2 Å². The first-order valence-electron chi connectivity index (χ1n) is 10.3. The standard InChI is InChI=1S/C23H22N6O2/c1-27-20-9-3-2-8-18(20)22(26-27)23(31)28-13-5-7-17(28)15-29-21(30)11-10-19(25-29)16-6-4-12-24-14-16/h2-4,6,8-12,14,17H,5,7,13,15H2,1H3. The van der Waals surface area contributed by atoms with Gasteiger partial charge in [-0.15, -0.1) is 0 Å². The molecule has 0 aliphatic carbocycles. The van der Waals surface area contributed by atoms with Crippen LogP contribution < -0.4 is 5.56 Å². The summed E-state index contributed by atoms with van der Waals surface area (Å²) in [5, 5.41) is 9.86. The van der Waals surface area contributed by atoms with E-state index in [4.69, 9.17) is 0 Å². The van der Waals surface area contributed by atoms with Crippen molar-refractivity contribution in [3.8, 4) is 11.3 Å². The summed E-state index contributed by atoms with van der Waals surface area (Å²) in [5.74, 6) is -0.101. The van der Waals surface area contributed by atoms with Gasteiger partial charge >= 0.3 is 0 Å². The lowest BCUT2D eigenvalue weighted by molar-refractivity contribution is 0.0715. The zero-order valence-electron chi connectivity index (χ0n) is 17.2. The van der Waals surface area contributed by atoms with Gasteiger partial charge in [-0.1, -0.05) is 18.2 Å². The molecule has 1 fully saturated rings. The third kappa shape index (κ3) is 3.50. The molecule has 5 rings (SSSR count). The number of hydrogen-bond acceptors (Lipinski definition) is 5. The van der Waals surface area contributed by atoms with E-state index in [1.54, 1.807) is 23.1 Å². The van der Waals surface area contributed by atoms with Crippen molar-refractivity contribution in [2.45, 2.75) is 25.4 Å². The quantitative estimate of drug-likeness (QED) is 0.512. The van der Waals surface area contributed by atoms with Gasteiger partial charge in [-0.2, -0.15) is 10.2 Å². The predicted octanol–water partition coefficient (Wildman–Crippen LogP) is 2.50. The summed E-state index contributed by atoms with van der Waals surface area (Å²) in [5.41, 5.74) is 2.71. The van der Waals surface area contributed by atoms with E-state index in [0.717, 1.165) is 29.3 Å². The van der Waals surface area contributed by atoms with Gasteiger partial charge < -0.3 is 4.90 Å². The Morgan fingerprint density at radius 2 is 1.97 bits per heavy atom. The molecule has 0 spiro atoms. The van der Waals surface area contributed by atoms with Gasteiger partial charge in [-0.25, -0.2) is 4.68 Å². The fraction of sp³-hybridized carbons (Fsp3) is 0.261. The molecule has 1 amide bonds. The van der Waals surface area contributed by atoms with Crippen molar-refractivity contribution in [2.75, 3.05) is 6.54 Å². The van der Waals surface area contributed by atoms with E-state index in [2.05, 4.69) is 15.2 Å². The number of hydrogen-bond donors (Lipinski definition) is 0. The number of pyridine rings is 1. The highest BCUT2D eigenvalue weighted by atomic mass is 16.2. The molecule has 4 heterocycles. The van der Waals surface area contributed by atoms with E-state index in [1.165, 1.54) is 10.7 Å². The molecule has 1 saturated heterocycles. The second-order valence-corrected chi connectivity index (χ2v) is 7.76. The smallest absolute Gasteiger partial charge is 0.275 e. The maximum atomic E-state index is 13.4. The molecule has 1 atom stereocenters.